The molecule has 2 fully saturated rings. The summed E-state index contributed by atoms with van der Waals surface area (Å²) in [5, 5.41) is 7.68. The molecule has 0 bridgehead atoms. The molecule has 4 heterocycles. The first kappa shape index (κ1) is 29.7. The van der Waals surface area contributed by atoms with Crippen LogP contribution in [0.25, 0.3) is 0 Å². The topological polar surface area (TPSA) is 104 Å². The summed E-state index contributed by atoms with van der Waals surface area (Å²) in [4.78, 5) is 29.3. The number of fused-ring (bicyclic) bond motifs is 1. The third kappa shape index (κ3) is 5.67. The molecule has 1 amide bonds. The molecule has 0 atom stereocenters. The van der Waals surface area contributed by atoms with Crippen molar-refractivity contribution in [1.29, 1.82) is 0 Å². The number of hydrogen-bond acceptors (Lipinski definition) is 8. The number of carbonyl (C=O) groups is 2. The maximum atomic E-state index is 14.2. The Balaban J connectivity index is 1.46. The smallest absolute Gasteiger partial charge is 0.387 e. The molecule has 0 saturated carbocycles. The normalized spacial score (nSPS) is 21.3. The summed E-state index contributed by atoms with van der Waals surface area (Å²) < 4.78 is 49.4. The van der Waals surface area contributed by atoms with E-state index in [2.05, 4.69) is 20.1 Å². The van der Waals surface area contributed by atoms with Crippen molar-refractivity contribution >= 4 is 29.2 Å². The van der Waals surface area contributed by atoms with Crippen molar-refractivity contribution in [3.8, 4) is 5.75 Å². The van der Waals surface area contributed by atoms with Gasteiger partial charge in [-0.15, -0.1) is 0 Å². The average Bonchev–Trinajstić information content (AvgIpc) is 3.51. The number of ether oxygens (including phenoxy) is 4. The van der Waals surface area contributed by atoms with Gasteiger partial charge in [-0.1, -0.05) is 11.6 Å². The number of benzene rings is 1. The third-order valence-electron chi connectivity index (χ3n) is 8.52. The number of carbonyl (C=O) groups excluding carboxylic acids is 2. The van der Waals surface area contributed by atoms with Crippen LogP contribution in [0.15, 0.2) is 24.4 Å². The summed E-state index contributed by atoms with van der Waals surface area (Å²) in [6.07, 6.45) is 3.55. The summed E-state index contributed by atoms with van der Waals surface area (Å²) >= 11 is 6.02. The molecule has 10 nitrogen and oxygen atoms in total. The highest BCUT2D eigenvalue weighted by atomic mass is 35.5. The van der Waals surface area contributed by atoms with Gasteiger partial charge in [0.2, 0.25) is 0 Å². The van der Waals surface area contributed by atoms with Crippen molar-refractivity contribution in [1.82, 2.24) is 14.7 Å². The van der Waals surface area contributed by atoms with Crippen LogP contribution in [0.3, 0.4) is 0 Å². The van der Waals surface area contributed by atoms with Crippen LogP contribution in [0.1, 0.15) is 50.8 Å². The third-order valence-corrected chi connectivity index (χ3v) is 8.75. The fourth-order valence-corrected chi connectivity index (χ4v) is 6.42. The van der Waals surface area contributed by atoms with Gasteiger partial charge in [-0.25, -0.2) is 0 Å². The molecule has 41 heavy (non-hydrogen) atoms. The maximum absolute atomic E-state index is 14.2. The lowest BCUT2D eigenvalue weighted by Gasteiger charge is -2.45. The highest BCUT2D eigenvalue weighted by molar-refractivity contribution is 6.30. The predicted octanol–water partition coefficient (Wildman–Crippen LogP) is 4.30. The second-order valence-corrected chi connectivity index (χ2v) is 11.8. The summed E-state index contributed by atoms with van der Waals surface area (Å²) in [6.45, 7) is 3.56. The minimum atomic E-state index is -3.10. The molecule has 2 saturated heterocycles. The van der Waals surface area contributed by atoms with E-state index in [-0.39, 0.29) is 22.4 Å². The SMILES string of the molecule is COC(=O)C1(CN2CCC(C(=O)Nc3ccc(Cl)cc3OC(F)F)(n3ncc4c3C(C)(C)OC4)CC2)CCOCC1. The van der Waals surface area contributed by atoms with Crippen molar-refractivity contribution < 1.29 is 37.3 Å². The molecule has 0 aliphatic carbocycles. The lowest BCUT2D eigenvalue weighted by atomic mass is 9.78. The van der Waals surface area contributed by atoms with Gasteiger partial charge in [0.25, 0.3) is 5.91 Å². The van der Waals surface area contributed by atoms with Gasteiger partial charge >= 0.3 is 12.6 Å². The lowest BCUT2D eigenvalue weighted by molar-refractivity contribution is -0.161. The lowest BCUT2D eigenvalue weighted by Crippen LogP contribution is -2.57. The minimum absolute atomic E-state index is 0.0765. The zero-order valence-corrected chi connectivity index (χ0v) is 24.1. The predicted molar refractivity (Wildman–Crippen MR) is 145 cm³/mol. The van der Waals surface area contributed by atoms with E-state index >= 15 is 0 Å². The number of alkyl halides is 2. The van der Waals surface area contributed by atoms with E-state index in [1.807, 2.05) is 13.8 Å². The molecule has 0 unspecified atom stereocenters. The standard InChI is InChI=1S/C28H35ClF2N4O6/c1-26(2)22-18(16-40-26)15-32-35(22)28(23(36)33-20-5-4-19(29)14-21(20)41-25(30)31)6-10-34(11-7-28)17-27(24(37)38-3)8-12-39-13-9-27/h4-5,14-15,25H,6-13,16-17H2,1-3H3,(H,33,36). The Labute approximate surface area is 242 Å². The Morgan fingerprint density at radius 1 is 1.17 bits per heavy atom. The second kappa shape index (κ2) is 11.5. The molecule has 3 aliphatic heterocycles. The van der Waals surface area contributed by atoms with E-state index < -0.39 is 29.1 Å². The van der Waals surface area contributed by atoms with E-state index in [1.54, 1.807) is 10.9 Å². The van der Waals surface area contributed by atoms with Gasteiger partial charge in [-0.3, -0.25) is 14.3 Å². The number of esters is 1. The molecule has 0 spiro atoms. The van der Waals surface area contributed by atoms with E-state index in [1.165, 1.54) is 25.3 Å². The molecule has 1 aromatic heterocycles. The summed E-state index contributed by atoms with van der Waals surface area (Å²) in [6, 6.07) is 4.17. The van der Waals surface area contributed by atoms with Gasteiger partial charge in [0.15, 0.2) is 5.75 Å². The van der Waals surface area contributed by atoms with Gasteiger partial charge in [0, 0.05) is 49.5 Å². The molecule has 1 aromatic carbocycles. The Morgan fingerprint density at radius 2 is 1.88 bits per heavy atom. The zero-order chi connectivity index (χ0) is 29.4. The number of halogens is 3. The number of hydrogen-bond donors (Lipinski definition) is 1. The number of nitrogens with zero attached hydrogens (tertiary/aromatic N) is 3. The molecule has 5 rings (SSSR count). The van der Waals surface area contributed by atoms with Crippen LogP contribution in [0, 0.1) is 5.41 Å². The first-order chi connectivity index (χ1) is 19.5. The fraction of sp³-hybridized carbons (Fsp3) is 0.607. The molecular weight excluding hydrogens is 562 g/mol. The van der Waals surface area contributed by atoms with Gasteiger partial charge < -0.3 is 29.2 Å². The molecular formula is C28H35ClF2N4O6. The van der Waals surface area contributed by atoms with Crippen molar-refractivity contribution in [2.24, 2.45) is 5.41 Å². The van der Waals surface area contributed by atoms with Crippen LogP contribution in [0.2, 0.25) is 5.02 Å². The van der Waals surface area contributed by atoms with Crippen LogP contribution in [0.4, 0.5) is 14.5 Å². The molecule has 2 aromatic rings. The van der Waals surface area contributed by atoms with E-state index in [0.29, 0.717) is 65.1 Å². The fourth-order valence-electron chi connectivity index (χ4n) is 6.26. The average molecular weight is 597 g/mol. The van der Waals surface area contributed by atoms with Gasteiger partial charge in [-0.2, -0.15) is 13.9 Å². The van der Waals surface area contributed by atoms with Crippen molar-refractivity contribution in [3.05, 3.63) is 40.7 Å². The largest absolute Gasteiger partial charge is 0.469 e. The Kier molecular flexibility index (Phi) is 8.30. The number of amides is 1. The van der Waals surface area contributed by atoms with Crippen LogP contribution in [-0.2, 0) is 41.5 Å². The Morgan fingerprint density at radius 3 is 2.54 bits per heavy atom. The second-order valence-electron chi connectivity index (χ2n) is 11.4. The molecule has 224 valence electrons. The first-order valence-corrected chi connectivity index (χ1v) is 14.0. The van der Waals surface area contributed by atoms with Crippen molar-refractivity contribution in [2.45, 2.75) is 63.9 Å². The number of piperidine rings is 1. The van der Waals surface area contributed by atoms with E-state index in [0.717, 1.165) is 11.3 Å². The number of rotatable bonds is 8. The van der Waals surface area contributed by atoms with Crippen molar-refractivity contribution in [2.75, 3.05) is 45.3 Å². The minimum Gasteiger partial charge on any atom is -0.469 e. The quantitative estimate of drug-likeness (QED) is 0.450. The van der Waals surface area contributed by atoms with Crippen LogP contribution < -0.4 is 10.1 Å². The Bertz CT molecular complexity index is 1290. The Hall–Kier alpha value is -2.80. The van der Waals surface area contributed by atoms with Gasteiger partial charge in [0.05, 0.1) is 36.7 Å². The molecule has 13 heteroatoms. The van der Waals surface area contributed by atoms with Crippen LogP contribution >= 0.6 is 11.6 Å². The van der Waals surface area contributed by atoms with Crippen molar-refractivity contribution in [3.63, 3.8) is 0 Å². The zero-order valence-electron chi connectivity index (χ0n) is 23.4. The number of methoxy groups -OCH3 is 1. The maximum Gasteiger partial charge on any atom is 0.387 e. The van der Waals surface area contributed by atoms with Gasteiger partial charge in [0.1, 0.15) is 11.1 Å². The summed E-state index contributed by atoms with van der Waals surface area (Å²) in [5.74, 6) is -0.906. The van der Waals surface area contributed by atoms with E-state index in [4.69, 9.17) is 25.8 Å². The number of aromatic nitrogens is 2. The molecule has 1 N–H and O–H groups in total. The monoisotopic (exact) mass is 596 g/mol. The number of anilines is 1. The van der Waals surface area contributed by atoms with E-state index in [9.17, 15) is 18.4 Å². The molecule has 0 radical (unpaired) electrons. The number of nitrogens with one attached hydrogen (secondary N) is 1. The van der Waals surface area contributed by atoms with Crippen LogP contribution in [-0.4, -0.2) is 73.1 Å². The highest BCUT2D eigenvalue weighted by Crippen LogP contribution is 2.43. The molecule has 3 aliphatic rings. The first-order valence-electron chi connectivity index (χ1n) is 13.7. The van der Waals surface area contributed by atoms with Gasteiger partial charge in [-0.05, 0) is 51.7 Å². The van der Waals surface area contributed by atoms with Crippen LogP contribution in [0.5, 0.6) is 5.75 Å². The highest BCUT2D eigenvalue weighted by Gasteiger charge is 2.51. The number of likely N-dealkylation sites (tertiary alicyclic amines) is 1. The summed E-state index contributed by atoms with van der Waals surface area (Å²) in [7, 11) is 1.40. The summed E-state index contributed by atoms with van der Waals surface area (Å²) in [5.41, 5.74) is -0.750.